The summed E-state index contributed by atoms with van der Waals surface area (Å²) < 4.78 is 34.0. The molecule has 0 bridgehead atoms. The van der Waals surface area contributed by atoms with Crippen LogP contribution in [0.3, 0.4) is 0 Å². The SMILES string of the molecule is Cc1ccc([S+](c2ccccc2)c2ccc(C)cc2)cc1.[O-][Cl+3]([O-])([O-])[O-]. The quantitative estimate of drug-likeness (QED) is 0.613. The molecule has 0 amide bonds. The fourth-order valence-electron chi connectivity index (χ4n) is 2.31. The van der Waals surface area contributed by atoms with E-state index in [1.165, 1.54) is 25.8 Å². The van der Waals surface area contributed by atoms with Crippen molar-refractivity contribution in [3.8, 4) is 0 Å². The summed E-state index contributed by atoms with van der Waals surface area (Å²) in [5, 5.41) is 0. The van der Waals surface area contributed by atoms with Crippen LogP contribution in [-0.2, 0) is 10.9 Å². The van der Waals surface area contributed by atoms with Gasteiger partial charge >= 0.3 is 0 Å². The molecule has 26 heavy (non-hydrogen) atoms. The van der Waals surface area contributed by atoms with E-state index in [0.29, 0.717) is 0 Å². The van der Waals surface area contributed by atoms with Gasteiger partial charge in [-0.05, 0) is 50.2 Å². The number of aryl methyl sites for hydroxylation is 2. The predicted octanol–water partition coefficient (Wildman–Crippen LogP) is 0.643. The highest BCUT2D eigenvalue weighted by atomic mass is 35.7. The van der Waals surface area contributed by atoms with Crippen LogP contribution in [0.5, 0.6) is 0 Å². The molecular formula is C20H19ClO4S. The van der Waals surface area contributed by atoms with Crippen LogP contribution in [0.25, 0.3) is 0 Å². The molecule has 0 saturated carbocycles. The first kappa shape index (κ1) is 20.5. The van der Waals surface area contributed by atoms with Crippen molar-refractivity contribution >= 4 is 10.9 Å². The van der Waals surface area contributed by atoms with Gasteiger partial charge in [0.1, 0.15) is 0 Å². The molecule has 0 fully saturated rings. The second-order valence-corrected chi connectivity index (χ2v) is 8.41. The number of halogens is 1. The lowest BCUT2D eigenvalue weighted by Crippen LogP contribution is -2.68. The molecule has 6 heteroatoms. The van der Waals surface area contributed by atoms with Gasteiger partial charge in [-0.25, -0.2) is 18.6 Å². The second-order valence-electron chi connectivity index (χ2n) is 5.62. The first-order valence-corrected chi connectivity index (χ1v) is 10.2. The van der Waals surface area contributed by atoms with Crippen molar-refractivity contribution in [1.82, 2.24) is 0 Å². The number of rotatable bonds is 3. The highest BCUT2D eigenvalue weighted by Crippen LogP contribution is 2.31. The average molecular weight is 391 g/mol. The van der Waals surface area contributed by atoms with Gasteiger partial charge in [0.15, 0.2) is 14.7 Å². The van der Waals surface area contributed by atoms with Crippen LogP contribution in [0.2, 0.25) is 0 Å². The molecule has 0 aliphatic heterocycles. The minimum absolute atomic E-state index is 0.0312. The van der Waals surface area contributed by atoms with Crippen LogP contribution in [0.15, 0.2) is 93.5 Å². The van der Waals surface area contributed by atoms with Crippen molar-refractivity contribution < 1.29 is 28.9 Å². The maximum absolute atomic E-state index is 8.49. The van der Waals surface area contributed by atoms with E-state index in [1.54, 1.807) is 0 Å². The van der Waals surface area contributed by atoms with E-state index in [9.17, 15) is 0 Å². The second kappa shape index (κ2) is 9.19. The molecule has 0 saturated heterocycles. The lowest BCUT2D eigenvalue weighted by atomic mass is 10.2. The Hall–Kier alpha value is -1.86. The van der Waals surface area contributed by atoms with E-state index in [2.05, 4.69) is 92.7 Å². The van der Waals surface area contributed by atoms with Crippen LogP contribution in [0.4, 0.5) is 0 Å². The Morgan fingerprint density at radius 2 is 0.846 bits per heavy atom. The van der Waals surface area contributed by atoms with Gasteiger partial charge in [0.25, 0.3) is 0 Å². The standard InChI is InChI=1S/C20H19S.ClHO4/c1-16-8-12-19(13-9-16)21(18-6-4-3-5-7-18)20-14-10-17(2)11-15-20;2-1(3,4)5/h3-15H,1-2H3;(H,2,3,4,5)/q+1;/p-1. The largest absolute Gasteiger partial charge is 0.222 e. The van der Waals surface area contributed by atoms with Gasteiger partial charge in [0, 0.05) is 0 Å². The van der Waals surface area contributed by atoms with Crippen LogP contribution >= 0.6 is 0 Å². The molecular weight excluding hydrogens is 372 g/mol. The molecule has 3 rings (SSSR count). The first-order chi connectivity index (χ1) is 12.2. The molecule has 3 aromatic rings. The highest BCUT2D eigenvalue weighted by molar-refractivity contribution is 7.97. The van der Waals surface area contributed by atoms with Gasteiger partial charge in [-0.1, -0.05) is 53.6 Å². The molecule has 0 radical (unpaired) electrons. The minimum atomic E-state index is -4.94. The summed E-state index contributed by atoms with van der Waals surface area (Å²) in [7, 11) is -4.98. The fraction of sp³-hybridized carbons (Fsp3) is 0.100. The first-order valence-electron chi connectivity index (χ1n) is 7.78. The molecule has 0 spiro atoms. The molecule has 0 aliphatic carbocycles. The van der Waals surface area contributed by atoms with Crippen molar-refractivity contribution in [2.24, 2.45) is 0 Å². The topological polar surface area (TPSA) is 92.2 Å². The average Bonchev–Trinajstić information content (AvgIpc) is 2.58. The summed E-state index contributed by atoms with van der Waals surface area (Å²) >= 11 is 0. The smallest absolute Gasteiger partial charge is 0.166 e. The molecule has 0 aromatic heterocycles. The fourth-order valence-corrected chi connectivity index (χ4v) is 4.38. The third-order valence-corrected chi connectivity index (χ3v) is 5.72. The van der Waals surface area contributed by atoms with Crippen LogP contribution in [0, 0.1) is 24.1 Å². The van der Waals surface area contributed by atoms with Crippen LogP contribution in [0.1, 0.15) is 11.1 Å². The van der Waals surface area contributed by atoms with Crippen molar-refractivity contribution in [3.63, 3.8) is 0 Å². The van der Waals surface area contributed by atoms with Gasteiger partial charge < -0.3 is 0 Å². The summed E-state index contributed by atoms with van der Waals surface area (Å²) in [4.78, 5) is 4.11. The van der Waals surface area contributed by atoms with Crippen molar-refractivity contribution in [2.45, 2.75) is 28.5 Å². The Balaban J connectivity index is 0.000000431. The van der Waals surface area contributed by atoms with E-state index in [0.717, 1.165) is 0 Å². The lowest BCUT2D eigenvalue weighted by molar-refractivity contribution is -2.00. The molecule has 0 N–H and O–H groups in total. The summed E-state index contributed by atoms with van der Waals surface area (Å²) in [5.41, 5.74) is 2.61. The van der Waals surface area contributed by atoms with E-state index >= 15 is 0 Å². The lowest BCUT2D eigenvalue weighted by Gasteiger charge is -2.17. The van der Waals surface area contributed by atoms with E-state index in [-0.39, 0.29) is 10.9 Å². The molecule has 4 nitrogen and oxygen atoms in total. The number of hydrogen-bond acceptors (Lipinski definition) is 4. The predicted molar refractivity (Wildman–Crippen MR) is 91.0 cm³/mol. The molecule has 0 heterocycles. The molecule has 0 unspecified atom stereocenters. The van der Waals surface area contributed by atoms with E-state index in [4.69, 9.17) is 18.6 Å². The Kier molecular flexibility index (Phi) is 7.23. The van der Waals surface area contributed by atoms with E-state index in [1.807, 2.05) is 0 Å². The summed E-state index contributed by atoms with van der Waals surface area (Å²) in [6.45, 7) is 4.27. The molecule has 0 aliphatic rings. The third kappa shape index (κ3) is 6.80. The van der Waals surface area contributed by atoms with E-state index < -0.39 is 10.2 Å². The van der Waals surface area contributed by atoms with Gasteiger partial charge in [-0.3, -0.25) is 0 Å². The van der Waals surface area contributed by atoms with Crippen molar-refractivity contribution in [2.75, 3.05) is 0 Å². The monoisotopic (exact) mass is 390 g/mol. The minimum Gasteiger partial charge on any atom is -0.222 e. The van der Waals surface area contributed by atoms with Gasteiger partial charge in [0.2, 0.25) is 0 Å². The number of benzene rings is 3. The normalized spacial score (nSPS) is 11.0. The Bertz CT molecular complexity index is 748. The zero-order chi connectivity index (χ0) is 19.2. The maximum Gasteiger partial charge on any atom is 0.166 e. The molecule has 3 aromatic carbocycles. The summed E-state index contributed by atoms with van der Waals surface area (Å²) in [6.07, 6.45) is 0. The van der Waals surface area contributed by atoms with Crippen LogP contribution in [-0.4, -0.2) is 0 Å². The third-order valence-electron chi connectivity index (χ3n) is 3.49. The zero-order valence-electron chi connectivity index (χ0n) is 14.4. The number of hydrogen-bond donors (Lipinski definition) is 0. The van der Waals surface area contributed by atoms with Crippen molar-refractivity contribution in [3.05, 3.63) is 90.0 Å². The summed E-state index contributed by atoms with van der Waals surface area (Å²) in [5.74, 6) is 0. The van der Waals surface area contributed by atoms with Crippen LogP contribution < -0.4 is 18.6 Å². The Morgan fingerprint density at radius 1 is 0.538 bits per heavy atom. The highest BCUT2D eigenvalue weighted by Gasteiger charge is 2.27. The Labute approximate surface area is 158 Å². The zero-order valence-corrected chi connectivity index (χ0v) is 16.0. The van der Waals surface area contributed by atoms with Crippen molar-refractivity contribution in [1.29, 1.82) is 0 Å². The van der Waals surface area contributed by atoms with Gasteiger partial charge in [-0.2, -0.15) is 0 Å². The van der Waals surface area contributed by atoms with Gasteiger partial charge in [0.05, 0.1) is 10.9 Å². The molecule has 0 atom stereocenters. The van der Waals surface area contributed by atoms with Gasteiger partial charge in [-0.15, -0.1) is 10.2 Å². The molecule has 136 valence electrons. The maximum atomic E-state index is 8.49. The summed E-state index contributed by atoms with van der Waals surface area (Å²) in [6, 6.07) is 28.6. The Morgan fingerprint density at radius 3 is 1.19 bits per heavy atom.